The van der Waals surface area contributed by atoms with Crippen molar-refractivity contribution < 1.29 is 14.3 Å². The summed E-state index contributed by atoms with van der Waals surface area (Å²) in [7, 11) is 3.26. The van der Waals surface area contributed by atoms with Crippen molar-refractivity contribution in [3.05, 3.63) is 64.7 Å². The lowest BCUT2D eigenvalue weighted by atomic mass is 9.86. The molecule has 0 saturated carbocycles. The number of rotatable bonds is 3. The minimum atomic E-state index is 0.0935. The van der Waals surface area contributed by atoms with E-state index in [-0.39, 0.29) is 5.78 Å². The molecule has 0 radical (unpaired) electrons. The normalized spacial score (nSPS) is 15.5. The molecule has 0 atom stereocenters. The third kappa shape index (κ3) is 2.75. The Morgan fingerprint density at radius 3 is 2.27 bits per heavy atom. The van der Waals surface area contributed by atoms with Gasteiger partial charge in [0.05, 0.1) is 14.2 Å². The molecule has 1 aliphatic rings. The molecule has 0 heterocycles. The zero-order chi connectivity index (χ0) is 15.5. The van der Waals surface area contributed by atoms with Gasteiger partial charge < -0.3 is 9.47 Å². The van der Waals surface area contributed by atoms with Crippen LogP contribution >= 0.6 is 0 Å². The summed E-state index contributed by atoms with van der Waals surface area (Å²) in [6.07, 6.45) is 3.61. The molecule has 0 saturated heterocycles. The summed E-state index contributed by atoms with van der Waals surface area (Å²) in [5.74, 6) is 1.63. The molecule has 0 spiro atoms. The van der Waals surface area contributed by atoms with Crippen molar-refractivity contribution in [2.45, 2.75) is 12.8 Å². The smallest absolute Gasteiger partial charge is 0.189 e. The van der Waals surface area contributed by atoms with Crippen molar-refractivity contribution in [1.29, 1.82) is 0 Å². The molecule has 0 aromatic heterocycles. The van der Waals surface area contributed by atoms with Crippen molar-refractivity contribution >= 4 is 11.9 Å². The summed E-state index contributed by atoms with van der Waals surface area (Å²) >= 11 is 0. The van der Waals surface area contributed by atoms with E-state index in [4.69, 9.17) is 9.47 Å². The Labute approximate surface area is 130 Å². The highest BCUT2D eigenvalue weighted by atomic mass is 16.5. The van der Waals surface area contributed by atoms with Gasteiger partial charge in [0.2, 0.25) is 0 Å². The van der Waals surface area contributed by atoms with Crippen LogP contribution in [0.1, 0.15) is 27.9 Å². The number of ketones is 1. The van der Waals surface area contributed by atoms with Gasteiger partial charge in [-0.1, -0.05) is 18.2 Å². The van der Waals surface area contributed by atoms with Crippen LogP contribution in [0.25, 0.3) is 6.08 Å². The van der Waals surface area contributed by atoms with E-state index in [0.29, 0.717) is 0 Å². The molecule has 2 aromatic carbocycles. The molecule has 2 aromatic rings. The summed E-state index contributed by atoms with van der Waals surface area (Å²) in [6, 6.07) is 13.4. The number of ether oxygens (including phenoxy) is 2. The third-order valence-corrected chi connectivity index (χ3v) is 3.97. The first-order valence-electron chi connectivity index (χ1n) is 7.27. The van der Waals surface area contributed by atoms with E-state index >= 15 is 0 Å². The molecule has 3 nitrogen and oxygen atoms in total. The van der Waals surface area contributed by atoms with Gasteiger partial charge in [-0.15, -0.1) is 0 Å². The van der Waals surface area contributed by atoms with Crippen molar-refractivity contribution in [2.24, 2.45) is 0 Å². The Balaban J connectivity index is 1.92. The van der Waals surface area contributed by atoms with Crippen molar-refractivity contribution in [3.8, 4) is 11.5 Å². The zero-order valence-electron chi connectivity index (χ0n) is 12.8. The number of hydrogen-bond acceptors (Lipinski definition) is 3. The first-order valence-corrected chi connectivity index (χ1v) is 7.27. The number of aryl methyl sites for hydroxylation is 1. The fraction of sp³-hybridized carbons (Fsp3) is 0.211. The number of hydrogen-bond donors (Lipinski definition) is 0. The molecular weight excluding hydrogens is 276 g/mol. The molecule has 3 heteroatoms. The average Bonchev–Trinajstić information content (AvgIpc) is 2.58. The quantitative estimate of drug-likeness (QED) is 0.805. The van der Waals surface area contributed by atoms with E-state index in [2.05, 4.69) is 0 Å². The number of Topliss-reactive ketones (excluding diaryl/α,β-unsaturated/α-hetero) is 1. The van der Waals surface area contributed by atoms with Gasteiger partial charge in [-0.05, 0) is 54.3 Å². The van der Waals surface area contributed by atoms with Crippen LogP contribution in [0.5, 0.6) is 11.5 Å². The molecule has 0 fully saturated rings. The molecule has 0 aliphatic heterocycles. The number of carbonyl (C=O) groups is 1. The van der Waals surface area contributed by atoms with E-state index in [1.165, 1.54) is 0 Å². The maximum Gasteiger partial charge on any atom is 0.189 e. The van der Waals surface area contributed by atoms with E-state index in [9.17, 15) is 4.79 Å². The van der Waals surface area contributed by atoms with Gasteiger partial charge in [0.25, 0.3) is 0 Å². The number of fused-ring (bicyclic) bond motifs is 1. The van der Waals surface area contributed by atoms with Crippen molar-refractivity contribution in [3.63, 3.8) is 0 Å². The molecule has 22 heavy (non-hydrogen) atoms. The van der Waals surface area contributed by atoms with E-state index in [1.807, 2.05) is 48.5 Å². The van der Waals surface area contributed by atoms with Gasteiger partial charge in [-0.25, -0.2) is 0 Å². The Bertz CT molecular complexity index is 727. The average molecular weight is 294 g/mol. The van der Waals surface area contributed by atoms with Crippen LogP contribution in [0.15, 0.2) is 48.0 Å². The standard InChI is InChI=1S/C19H18O3/c1-21-16-8-3-13(4-9-16)11-15-6-5-14-7-10-17(22-2)12-18(14)19(15)20/h3-4,7-12H,5-6H2,1-2H3/b15-11+. The molecule has 1 aliphatic carbocycles. The summed E-state index contributed by atoms with van der Waals surface area (Å²) < 4.78 is 10.4. The molecule has 0 bridgehead atoms. The molecule has 0 unspecified atom stereocenters. The molecular formula is C19H18O3. The topological polar surface area (TPSA) is 35.5 Å². The van der Waals surface area contributed by atoms with Crippen LogP contribution in [0.4, 0.5) is 0 Å². The molecule has 0 amide bonds. The second-order valence-corrected chi connectivity index (χ2v) is 5.29. The number of carbonyl (C=O) groups excluding carboxylic acids is 1. The van der Waals surface area contributed by atoms with Crippen molar-refractivity contribution in [2.75, 3.05) is 14.2 Å². The SMILES string of the molecule is COc1ccc(/C=C2\CCc3ccc(OC)cc3C2=O)cc1. The van der Waals surface area contributed by atoms with Gasteiger partial charge >= 0.3 is 0 Å². The van der Waals surface area contributed by atoms with Crippen LogP contribution in [0.2, 0.25) is 0 Å². The van der Waals surface area contributed by atoms with Gasteiger partial charge in [-0.3, -0.25) is 4.79 Å². The zero-order valence-corrected chi connectivity index (χ0v) is 12.8. The number of allylic oxidation sites excluding steroid dienone is 1. The number of methoxy groups -OCH3 is 2. The lowest BCUT2D eigenvalue weighted by molar-refractivity contribution is 0.102. The molecule has 112 valence electrons. The second kappa shape index (κ2) is 6.06. The van der Waals surface area contributed by atoms with E-state index in [0.717, 1.165) is 46.6 Å². The van der Waals surface area contributed by atoms with Crippen LogP contribution in [0, 0.1) is 0 Å². The summed E-state index contributed by atoms with van der Waals surface area (Å²) in [4.78, 5) is 12.7. The Hall–Kier alpha value is -2.55. The minimum absolute atomic E-state index is 0.0935. The highest BCUT2D eigenvalue weighted by Gasteiger charge is 2.22. The van der Waals surface area contributed by atoms with Crippen LogP contribution in [-0.4, -0.2) is 20.0 Å². The summed E-state index contributed by atoms with van der Waals surface area (Å²) in [5.41, 5.74) is 3.70. The van der Waals surface area contributed by atoms with Crippen LogP contribution in [-0.2, 0) is 6.42 Å². The first kappa shape index (κ1) is 14.4. The van der Waals surface area contributed by atoms with Gasteiger partial charge in [0.1, 0.15) is 11.5 Å². The lowest BCUT2D eigenvalue weighted by Gasteiger charge is -2.18. The molecule has 0 N–H and O–H groups in total. The fourth-order valence-electron chi connectivity index (χ4n) is 2.71. The predicted octanol–water partition coefficient (Wildman–Crippen LogP) is 3.92. The fourth-order valence-corrected chi connectivity index (χ4v) is 2.71. The lowest BCUT2D eigenvalue weighted by Crippen LogP contribution is -2.14. The monoisotopic (exact) mass is 294 g/mol. The largest absolute Gasteiger partial charge is 0.497 e. The predicted molar refractivity (Wildman–Crippen MR) is 86.6 cm³/mol. The van der Waals surface area contributed by atoms with E-state index < -0.39 is 0 Å². The maximum absolute atomic E-state index is 12.7. The Morgan fingerprint density at radius 2 is 1.59 bits per heavy atom. The highest BCUT2D eigenvalue weighted by Crippen LogP contribution is 2.29. The minimum Gasteiger partial charge on any atom is -0.497 e. The first-order chi connectivity index (χ1) is 10.7. The number of benzene rings is 2. The maximum atomic E-state index is 12.7. The summed E-state index contributed by atoms with van der Waals surface area (Å²) in [6.45, 7) is 0. The van der Waals surface area contributed by atoms with Gasteiger partial charge in [0.15, 0.2) is 5.78 Å². The molecule has 3 rings (SSSR count). The summed E-state index contributed by atoms with van der Waals surface area (Å²) in [5, 5.41) is 0. The van der Waals surface area contributed by atoms with Crippen LogP contribution < -0.4 is 9.47 Å². The van der Waals surface area contributed by atoms with Gasteiger partial charge in [-0.2, -0.15) is 0 Å². The Morgan fingerprint density at radius 1 is 0.909 bits per heavy atom. The Kier molecular flexibility index (Phi) is 3.96. The van der Waals surface area contributed by atoms with Crippen LogP contribution in [0.3, 0.4) is 0 Å². The second-order valence-electron chi connectivity index (χ2n) is 5.29. The highest BCUT2D eigenvalue weighted by molar-refractivity contribution is 6.13. The van der Waals surface area contributed by atoms with Gasteiger partial charge in [0, 0.05) is 11.1 Å². The third-order valence-electron chi connectivity index (χ3n) is 3.97. The van der Waals surface area contributed by atoms with E-state index in [1.54, 1.807) is 14.2 Å². The van der Waals surface area contributed by atoms with Crippen molar-refractivity contribution in [1.82, 2.24) is 0 Å².